The van der Waals surface area contributed by atoms with Gasteiger partial charge in [0.05, 0.1) is 35.1 Å². The molecule has 58 heavy (non-hydrogen) atoms. The van der Waals surface area contributed by atoms with Gasteiger partial charge in [-0.15, -0.1) is 0 Å². The van der Waals surface area contributed by atoms with E-state index in [1.165, 1.54) is 0 Å². The summed E-state index contributed by atoms with van der Waals surface area (Å²) in [6.07, 6.45) is 7.62. The third-order valence-electron chi connectivity index (χ3n) is 12.4. The van der Waals surface area contributed by atoms with Crippen LogP contribution in [-0.2, 0) is 49.4 Å². The number of nitrogens with one attached hydrogen (secondary N) is 3. The van der Waals surface area contributed by atoms with Gasteiger partial charge in [-0.25, -0.2) is 14.4 Å². The Morgan fingerprint density at radius 3 is 2.69 bits per heavy atom. The quantitative estimate of drug-likeness (QED) is 0.0913. The first-order valence-electron chi connectivity index (χ1n) is 20.8. The van der Waals surface area contributed by atoms with Crippen LogP contribution in [0.3, 0.4) is 0 Å². The van der Waals surface area contributed by atoms with Crippen molar-refractivity contribution in [2.24, 2.45) is 16.7 Å². The number of aromatic hydroxyl groups is 1. The number of phenols is 1. The molecule has 1 amide bonds. The molecule has 2 aromatic carbocycles. The van der Waals surface area contributed by atoms with Crippen LogP contribution in [0.1, 0.15) is 82.7 Å². The molecule has 2 aromatic heterocycles. The summed E-state index contributed by atoms with van der Waals surface area (Å²) in [5.74, 6) is 0.844. The van der Waals surface area contributed by atoms with Crippen molar-refractivity contribution in [1.29, 1.82) is 0 Å². The summed E-state index contributed by atoms with van der Waals surface area (Å²) < 4.78 is 30.4. The number of carbonyl (C=O) groups excluding carboxylic acids is 2. The van der Waals surface area contributed by atoms with E-state index in [9.17, 15) is 18.9 Å². The largest absolute Gasteiger partial charge is 0.508 e. The second kappa shape index (κ2) is 18.0. The number of hydrazine groups is 1. The van der Waals surface area contributed by atoms with Gasteiger partial charge in [0, 0.05) is 73.7 Å². The van der Waals surface area contributed by atoms with E-state index in [4.69, 9.17) is 14.5 Å². The molecule has 3 aliphatic rings. The van der Waals surface area contributed by atoms with Crippen molar-refractivity contribution >= 4 is 34.3 Å². The molecule has 312 valence electrons. The van der Waals surface area contributed by atoms with Gasteiger partial charge in [0.2, 0.25) is 0 Å². The SMILES string of the molecule is CCn1c(-c2cccnc2C(C)OC)c(CC(C)(C)COC=O)c2cc(-c3cc(O)cc(CC(NS(=O)CC4CCC5(CNC5)C4)C(=O)N4CCCCN4)c3)ccc21. The van der Waals surface area contributed by atoms with Crippen LogP contribution in [-0.4, -0.2) is 87.9 Å². The van der Waals surface area contributed by atoms with Crippen LogP contribution >= 0.6 is 0 Å². The average Bonchev–Trinajstić information content (AvgIpc) is 3.78. The smallest absolute Gasteiger partial charge is 0.293 e. The molecule has 0 radical (unpaired) electrons. The molecular formula is C45H60N6O6S. The summed E-state index contributed by atoms with van der Waals surface area (Å²) in [6.45, 7) is 13.2. The molecule has 4 unspecified atom stereocenters. The third-order valence-corrected chi connectivity index (χ3v) is 13.7. The number of amides is 1. The second-order valence-corrected chi connectivity index (χ2v) is 18.7. The lowest BCUT2D eigenvalue weighted by atomic mass is 9.80. The molecule has 4 N–H and O–H groups in total. The molecule has 3 fully saturated rings. The van der Waals surface area contributed by atoms with Crippen LogP contribution in [0.5, 0.6) is 5.75 Å². The first-order chi connectivity index (χ1) is 27.9. The fourth-order valence-corrected chi connectivity index (χ4v) is 10.7. The number of nitrogens with zero attached hydrogens (tertiary/aromatic N) is 3. The lowest BCUT2D eigenvalue weighted by molar-refractivity contribution is -0.137. The van der Waals surface area contributed by atoms with Crippen LogP contribution in [0.25, 0.3) is 33.3 Å². The molecule has 2 saturated heterocycles. The van der Waals surface area contributed by atoms with E-state index in [2.05, 4.69) is 65.1 Å². The van der Waals surface area contributed by atoms with Gasteiger partial charge < -0.3 is 24.5 Å². The number of phenolic OH excluding ortho intramolecular Hbond substituents is 1. The number of fused-ring (bicyclic) bond motifs is 1. The number of pyridine rings is 1. The van der Waals surface area contributed by atoms with Crippen LogP contribution < -0.4 is 15.5 Å². The average molecular weight is 813 g/mol. The zero-order valence-corrected chi connectivity index (χ0v) is 35.5. The Morgan fingerprint density at radius 2 is 2.00 bits per heavy atom. The molecule has 4 aromatic rings. The van der Waals surface area contributed by atoms with Crippen LogP contribution in [0.15, 0.2) is 54.7 Å². The number of carbonyl (C=O) groups is 2. The van der Waals surface area contributed by atoms with Gasteiger partial charge in [0.1, 0.15) is 11.8 Å². The fraction of sp³-hybridized carbons (Fsp3) is 0.533. The molecule has 7 rings (SSSR count). The summed E-state index contributed by atoms with van der Waals surface area (Å²) >= 11 is 0. The van der Waals surface area contributed by atoms with Crippen molar-refractivity contribution in [2.75, 3.05) is 45.6 Å². The molecule has 4 heterocycles. The molecular weight excluding hydrogens is 753 g/mol. The number of ether oxygens (including phenoxy) is 2. The highest BCUT2D eigenvalue weighted by Crippen LogP contribution is 2.45. The number of hydrogen-bond acceptors (Lipinski definition) is 9. The Labute approximate surface area is 345 Å². The summed E-state index contributed by atoms with van der Waals surface area (Å²) in [7, 11) is 0.287. The molecule has 1 aliphatic carbocycles. The topological polar surface area (TPSA) is 147 Å². The van der Waals surface area contributed by atoms with Gasteiger partial charge in [-0.3, -0.25) is 19.6 Å². The van der Waals surface area contributed by atoms with Gasteiger partial charge in [-0.1, -0.05) is 26.0 Å². The van der Waals surface area contributed by atoms with E-state index < -0.39 is 22.4 Å². The standard InChI is InChI=1S/C45H60N6O6S/c1-6-50-40-12-11-33(22-37(40)38(24-44(3,4)28-57-29-52)42(50)36-10-9-15-47-41(36)30(2)56-5)34-18-32(19-35(53)21-34)20-39(43(54)51-17-8-7-16-48-51)49-58(55)25-31-13-14-45(23-31)26-46-27-45/h9-12,15,18-19,21-22,29-31,39,46,48-49,53H,6-8,13-14,16-17,20,23-28H2,1-5H3. The van der Waals surface area contributed by atoms with E-state index in [0.717, 1.165) is 102 Å². The maximum absolute atomic E-state index is 14.1. The zero-order chi connectivity index (χ0) is 41.0. The van der Waals surface area contributed by atoms with Gasteiger partial charge in [-0.05, 0) is 129 Å². The van der Waals surface area contributed by atoms with Crippen molar-refractivity contribution in [3.05, 3.63) is 71.5 Å². The molecule has 13 heteroatoms. The van der Waals surface area contributed by atoms with E-state index in [-0.39, 0.29) is 30.8 Å². The van der Waals surface area contributed by atoms with Crippen LogP contribution in [0.4, 0.5) is 0 Å². The zero-order valence-electron chi connectivity index (χ0n) is 34.6. The first kappa shape index (κ1) is 42.0. The third kappa shape index (κ3) is 9.18. The number of methoxy groups -OCH3 is 1. The lowest BCUT2D eigenvalue weighted by Gasteiger charge is -2.39. The number of benzene rings is 2. The maximum atomic E-state index is 14.1. The maximum Gasteiger partial charge on any atom is 0.293 e. The van der Waals surface area contributed by atoms with Crippen molar-refractivity contribution < 1.29 is 28.4 Å². The highest BCUT2D eigenvalue weighted by molar-refractivity contribution is 7.83. The number of rotatable bonds is 17. The monoisotopic (exact) mass is 812 g/mol. The van der Waals surface area contributed by atoms with Gasteiger partial charge in [0.25, 0.3) is 12.4 Å². The van der Waals surface area contributed by atoms with Crippen molar-refractivity contribution in [1.82, 2.24) is 30.0 Å². The van der Waals surface area contributed by atoms with Crippen LogP contribution in [0, 0.1) is 16.7 Å². The second-order valence-electron chi connectivity index (χ2n) is 17.5. The summed E-state index contributed by atoms with van der Waals surface area (Å²) in [4.78, 5) is 30.1. The van der Waals surface area contributed by atoms with Crippen molar-refractivity contribution in [3.8, 4) is 28.1 Å². The Kier molecular flexibility index (Phi) is 13.0. The van der Waals surface area contributed by atoms with E-state index in [1.54, 1.807) is 30.4 Å². The summed E-state index contributed by atoms with van der Waals surface area (Å²) in [6, 6.07) is 15.2. The Hall–Kier alpha value is -4.14. The Morgan fingerprint density at radius 1 is 1.17 bits per heavy atom. The lowest BCUT2D eigenvalue weighted by Crippen LogP contribution is -2.55. The van der Waals surface area contributed by atoms with E-state index >= 15 is 0 Å². The molecule has 4 atom stereocenters. The molecule has 1 spiro atoms. The summed E-state index contributed by atoms with van der Waals surface area (Å²) in [5.41, 5.74) is 10.7. The van der Waals surface area contributed by atoms with Gasteiger partial charge >= 0.3 is 0 Å². The van der Waals surface area contributed by atoms with Crippen molar-refractivity contribution in [2.45, 2.75) is 91.3 Å². The number of aromatic nitrogens is 2. The predicted molar refractivity (Wildman–Crippen MR) is 228 cm³/mol. The number of aryl methyl sites for hydroxylation is 1. The minimum atomic E-state index is -1.40. The van der Waals surface area contributed by atoms with E-state index in [0.29, 0.717) is 43.1 Å². The fourth-order valence-electron chi connectivity index (χ4n) is 9.39. The van der Waals surface area contributed by atoms with Gasteiger partial charge in [0.15, 0.2) is 0 Å². The van der Waals surface area contributed by atoms with Gasteiger partial charge in [-0.2, -0.15) is 0 Å². The normalized spacial score (nSPS) is 19.5. The minimum absolute atomic E-state index is 0.0918. The molecule has 2 aliphatic heterocycles. The first-order valence-corrected chi connectivity index (χ1v) is 22.2. The molecule has 12 nitrogen and oxygen atoms in total. The molecule has 1 saturated carbocycles. The van der Waals surface area contributed by atoms with E-state index in [1.807, 2.05) is 19.1 Å². The Bertz CT molecular complexity index is 2130. The predicted octanol–water partition coefficient (Wildman–Crippen LogP) is 6.23. The highest BCUT2D eigenvalue weighted by Gasteiger charge is 2.44. The highest BCUT2D eigenvalue weighted by atomic mass is 32.2. The summed E-state index contributed by atoms with van der Waals surface area (Å²) in [5, 5.41) is 17.3. The van der Waals surface area contributed by atoms with Crippen LogP contribution in [0.2, 0.25) is 0 Å². The Balaban J connectivity index is 1.24. The number of hydrogen-bond donors (Lipinski definition) is 4. The molecule has 0 bridgehead atoms. The minimum Gasteiger partial charge on any atom is -0.508 e. The van der Waals surface area contributed by atoms with Crippen molar-refractivity contribution in [3.63, 3.8) is 0 Å².